The van der Waals surface area contributed by atoms with Gasteiger partial charge in [0.1, 0.15) is 5.69 Å². The number of nitro benzene ring substituents is 1. The van der Waals surface area contributed by atoms with Gasteiger partial charge in [-0.2, -0.15) is 0 Å². The SMILES string of the molecule is CC1CN(C(=O)c2ccc(NC3CC3)c([N+](=O)[O-])c2)CCO1. The van der Waals surface area contributed by atoms with Gasteiger partial charge in [-0.05, 0) is 31.9 Å². The van der Waals surface area contributed by atoms with Crippen molar-refractivity contribution < 1.29 is 14.5 Å². The number of morpholine rings is 1. The van der Waals surface area contributed by atoms with Crippen LogP contribution < -0.4 is 5.32 Å². The lowest BCUT2D eigenvalue weighted by Gasteiger charge is -2.31. The second kappa shape index (κ2) is 5.92. The lowest BCUT2D eigenvalue weighted by atomic mass is 10.1. The van der Waals surface area contributed by atoms with Gasteiger partial charge in [-0.25, -0.2) is 0 Å². The van der Waals surface area contributed by atoms with Crippen LogP contribution in [0.25, 0.3) is 0 Å². The van der Waals surface area contributed by atoms with Crippen molar-refractivity contribution >= 4 is 17.3 Å². The molecule has 1 saturated carbocycles. The fraction of sp³-hybridized carbons (Fsp3) is 0.533. The smallest absolute Gasteiger partial charge is 0.293 e. The number of hydrogen-bond acceptors (Lipinski definition) is 5. The summed E-state index contributed by atoms with van der Waals surface area (Å²) in [5.41, 5.74) is 0.792. The molecule has 1 heterocycles. The molecule has 1 N–H and O–H groups in total. The van der Waals surface area contributed by atoms with Crippen LogP contribution in [0.4, 0.5) is 11.4 Å². The Kier molecular flexibility index (Phi) is 3.98. The average molecular weight is 305 g/mol. The van der Waals surface area contributed by atoms with Gasteiger partial charge >= 0.3 is 0 Å². The van der Waals surface area contributed by atoms with Crippen LogP contribution in [0.15, 0.2) is 18.2 Å². The van der Waals surface area contributed by atoms with E-state index in [1.807, 2.05) is 6.92 Å². The summed E-state index contributed by atoms with van der Waals surface area (Å²) in [6, 6.07) is 4.97. The van der Waals surface area contributed by atoms with E-state index in [9.17, 15) is 14.9 Å². The summed E-state index contributed by atoms with van der Waals surface area (Å²) in [5.74, 6) is -0.184. The third kappa shape index (κ3) is 3.19. The van der Waals surface area contributed by atoms with Gasteiger partial charge in [0.2, 0.25) is 0 Å². The standard InChI is InChI=1S/C15H19N3O4/c1-10-9-17(6-7-22-10)15(19)11-2-5-13(16-12-3-4-12)14(8-11)18(20)21/h2,5,8,10,12,16H,3-4,6-7,9H2,1H3. The van der Waals surface area contributed by atoms with Gasteiger partial charge < -0.3 is 15.0 Å². The van der Waals surface area contributed by atoms with Gasteiger partial charge in [0, 0.05) is 30.8 Å². The normalized spacial score (nSPS) is 21.5. The van der Waals surface area contributed by atoms with Gasteiger partial charge in [-0.1, -0.05) is 0 Å². The molecular formula is C15H19N3O4. The number of nitrogens with one attached hydrogen (secondary N) is 1. The summed E-state index contributed by atoms with van der Waals surface area (Å²) >= 11 is 0. The molecule has 0 spiro atoms. The van der Waals surface area contributed by atoms with Crippen molar-refractivity contribution in [3.8, 4) is 0 Å². The second-order valence-electron chi connectivity index (χ2n) is 5.84. The van der Waals surface area contributed by atoms with E-state index in [1.165, 1.54) is 6.07 Å². The molecule has 1 aliphatic heterocycles. The van der Waals surface area contributed by atoms with E-state index >= 15 is 0 Å². The first-order valence-electron chi connectivity index (χ1n) is 7.50. The molecule has 118 valence electrons. The van der Waals surface area contributed by atoms with Crippen LogP contribution in [0.1, 0.15) is 30.1 Å². The highest BCUT2D eigenvalue weighted by atomic mass is 16.6. The number of nitrogens with zero attached hydrogens (tertiary/aromatic N) is 2. The lowest BCUT2D eigenvalue weighted by molar-refractivity contribution is -0.384. The van der Waals surface area contributed by atoms with E-state index in [0.29, 0.717) is 37.0 Å². The minimum Gasteiger partial charge on any atom is -0.377 e. The molecule has 1 aromatic rings. The molecule has 0 radical (unpaired) electrons. The number of rotatable bonds is 4. The van der Waals surface area contributed by atoms with Crippen molar-refractivity contribution in [1.82, 2.24) is 4.90 Å². The largest absolute Gasteiger partial charge is 0.377 e. The molecule has 1 atom stereocenters. The number of benzene rings is 1. The molecule has 2 fully saturated rings. The number of amides is 1. The number of carbonyl (C=O) groups is 1. The maximum Gasteiger partial charge on any atom is 0.293 e. The van der Waals surface area contributed by atoms with Gasteiger partial charge in [0.15, 0.2) is 0 Å². The van der Waals surface area contributed by atoms with Crippen LogP contribution >= 0.6 is 0 Å². The lowest BCUT2D eigenvalue weighted by Crippen LogP contribution is -2.44. The van der Waals surface area contributed by atoms with Crippen molar-refractivity contribution in [3.63, 3.8) is 0 Å². The maximum atomic E-state index is 12.5. The summed E-state index contributed by atoms with van der Waals surface area (Å²) in [4.78, 5) is 25.0. The minimum atomic E-state index is -0.441. The predicted octanol–water partition coefficient (Wildman–Crippen LogP) is 2.03. The summed E-state index contributed by atoms with van der Waals surface area (Å²) in [5, 5.41) is 14.4. The molecular weight excluding hydrogens is 286 g/mol. The fourth-order valence-electron chi connectivity index (χ4n) is 2.57. The van der Waals surface area contributed by atoms with Gasteiger partial charge in [-0.3, -0.25) is 14.9 Å². The van der Waals surface area contributed by atoms with Crippen LogP contribution in [-0.2, 0) is 4.74 Å². The van der Waals surface area contributed by atoms with Crippen LogP contribution in [0, 0.1) is 10.1 Å². The number of anilines is 1. The Morgan fingerprint density at radius 1 is 1.45 bits per heavy atom. The Balaban J connectivity index is 1.82. The van der Waals surface area contributed by atoms with Crippen molar-refractivity contribution in [3.05, 3.63) is 33.9 Å². The molecule has 1 aliphatic carbocycles. The summed E-state index contributed by atoms with van der Waals surface area (Å²) in [6.07, 6.45) is 2.05. The molecule has 1 saturated heterocycles. The van der Waals surface area contributed by atoms with E-state index in [-0.39, 0.29) is 17.7 Å². The monoisotopic (exact) mass is 305 g/mol. The van der Waals surface area contributed by atoms with Crippen molar-refractivity contribution in [1.29, 1.82) is 0 Å². The van der Waals surface area contributed by atoms with E-state index in [4.69, 9.17) is 4.74 Å². The van der Waals surface area contributed by atoms with Gasteiger partial charge in [0.25, 0.3) is 11.6 Å². The highest BCUT2D eigenvalue weighted by molar-refractivity contribution is 5.95. The second-order valence-corrected chi connectivity index (χ2v) is 5.84. The molecule has 0 aromatic heterocycles. The number of ether oxygens (including phenoxy) is 1. The van der Waals surface area contributed by atoms with Crippen molar-refractivity contribution in [2.24, 2.45) is 0 Å². The van der Waals surface area contributed by atoms with Gasteiger partial charge in [-0.15, -0.1) is 0 Å². The molecule has 2 aliphatic rings. The summed E-state index contributed by atoms with van der Waals surface area (Å²) < 4.78 is 5.41. The first kappa shape index (κ1) is 14.8. The topological polar surface area (TPSA) is 84.7 Å². The molecule has 22 heavy (non-hydrogen) atoms. The Morgan fingerprint density at radius 3 is 2.86 bits per heavy atom. The van der Waals surface area contributed by atoms with E-state index in [2.05, 4.69) is 5.32 Å². The third-order valence-electron chi connectivity index (χ3n) is 3.91. The molecule has 1 amide bonds. The average Bonchev–Trinajstić information content (AvgIpc) is 3.30. The quantitative estimate of drug-likeness (QED) is 0.679. The molecule has 0 bridgehead atoms. The van der Waals surface area contributed by atoms with Crippen LogP contribution in [0.3, 0.4) is 0 Å². The highest BCUT2D eigenvalue weighted by Gasteiger charge is 2.27. The maximum absolute atomic E-state index is 12.5. The van der Waals surface area contributed by atoms with Crippen LogP contribution in [0.5, 0.6) is 0 Å². The number of nitro groups is 1. The molecule has 1 unspecified atom stereocenters. The van der Waals surface area contributed by atoms with E-state index in [0.717, 1.165) is 12.8 Å². The zero-order chi connectivity index (χ0) is 15.7. The highest BCUT2D eigenvalue weighted by Crippen LogP contribution is 2.31. The molecule has 1 aromatic carbocycles. The van der Waals surface area contributed by atoms with E-state index < -0.39 is 4.92 Å². The van der Waals surface area contributed by atoms with Crippen molar-refractivity contribution in [2.45, 2.75) is 31.9 Å². The molecule has 3 rings (SSSR count). The number of carbonyl (C=O) groups excluding carboxylic acids is 1. The first-order chi connectivity index (χ1) is 10.5. The zero-order valence-electron chi connectivity index (χ0n) is 12.4. The Labute approximate surface area is 128 Å². The molecule has 7 nitrogen and oxygen atoms in total. The fourth-order valence-corrected chi connectivity index (χ4v) is 2.57. The first-order valence-corrected chi connectivity index (χ1v) is 7.50. The van der Waals surface area contributed by atoms with Crippen LogP contribution in [0.2, 0.25) is 0 Å². The minimum absolute atomic E-state index is 0.0107. The Hall–Kier alpha value is -2.15. The molecule has 7 heteroatoms. The Bertz CT molecular complexity index is 600. The summed E-state index contributed by atoms with van der Waals surface area (Å²) in [6.45, 7) is 3.43. The van der Waals surface area contributed by atoms with E-state index in [1.54, 1.807) is 17.0 Å². The predicted molar refractivity (Wildman–Crippen MR) is 81.1 cm³/mol. The van der Waals surface area contributed by atoms with Crippen molar-refractivity contribution in [2.75, 3.05) is 25.0 Å². The van der Waals surface area contributed by atoms with Crippen LogP contribution in [-0.4, -0.2) is 47.6 Å². The zero-order valence-corrected chi connectivity index (χ0v) is 12.4. The van der Waals surface area contributed by atoms with Gasteiger partial charge in [0.05, 0.1) is 17.6 Å². The Morgan fingerprint density at radius 2 is 2.23 bits per heavy atom. The third-order valence-corrected chi connectivity index (χ3v) is 3.91. The summed E-state index contributed by atoms with van der Waals surface area (Å²) in [7, 11) is 0. The number of hydrogen-bond donors (Lipinski definition) is 1.